The Balaban J connectivity index is 1.19. The Morgan fingerprint density at radius 1 is 0.459 bits per heavy atom. The summed E-state index contributed by atoms with van der Waals surface area (Å²) < 4.78 is 6.98. The van der Waals surface area contributed by atoms with Crippen molar-refractivity contribution in [1.29, 1.82) is 0 Å². The fourth-order valence-corrected chi connectivity index (χ4v) is 11.6. The molecule has 3 aliphatic carbocycles. The van der Waals surface area contributed by atoms with Gasteiger partial charge in [0.1, 0.15) is 11.2 Å². The van der Waals surface area contributed by atoms with Crippen LogP contribution in [0.25, 0.3) is 55.3 Å². The number of anilines is 3. The first kappa shape index (κ1) is 38.1. The zero-order chi connectivity index (χ0) is 42.8. The molecule has 0 atom stereocenters. The number of hydrogen-bond acceptors (Lipinski definition) is 2. The second kappa shape index (κ2) is 12.2. The average molecular weight is 796 g/mol. The van der Waals surface area contributed by atoms with Crippen molar-refractivity contribution < 1.29 is 4.42 Å². The number of nitrogens with zero attached hydrogens (tertiary/aromatic N) is 1. The average Bonchev–Trinajstić information content (AvgIpc) is 3.86. The molecule has 1 heterocycles. The lowest BCUT2D eigenvalue weighted by Crippen LogP contribution is -2.19. The van der Waals surface area contributed by atoms with E-state index in [1.165, 1.54) is 106 Å². The van der Waals surface area contributed by atoms with Crippen LogP contribution in [0.15, 0.2) is 132 Å². The minimum Gasteiger partial charge on any atom is -0.456 e. The van der Waals surface area contributed by atoms with Gasteiger partial charge in [-0.1, -0.05) is 168 Å². The highest BCUT2D eigenvalue weighted by Gasteiger charge is 2.43. The summed E-state index contributed by atoms with van der Waals surface area (Å²) in [5, 5.41) is 2.47. The Morgan fingerprint density at radius 3 is 1.54 bits per heavy atom. The van der Waals surface area contributed by atoms with Gasteiger partial charge in [0.25, 0.3) is 0 Å². The Hall–Kier alpha value is -5.86. The molecule has 304 valence electrons. The van der Waals surface area contributed by atoms with Gasteiger partial charge in [0, 0.05) is 49.5 Å². The van der Waals surface area contributed by atoms with E-state index in [0.717, 1.165) is 11.2 Å². The van der Waals surface area contributed by atoms with Crippen LogP contribution < -0.4 is 4.90 Å². The monoisotopic (exact) mass is 795 g/mol. The number of furan rings is 1. The van der Waals surface area contributed by atoms with E-state index in [-0.39, 0.29) is 27.1 Å². The van der Waals surface area contributed by atoms with Crippen LogP contribution in [-0.4, -0.2) is 0 Å². The maximum Gasteiger partial charge on any atom is 0.139 e. The summed E-state index contributed by atoms with van der Waals surface area (Å²) in [6.07, 6.45) is 0. The normalized spacial score (nSPS) is 16.3. The van der Waals surface area contributed by atoms with E-state index in [1.54, 1.807) is 0 Å². The first-order valence-electron chi connectivity index (χ1n) is 22.3. The van der Waals surface area contributed by atoms with Crippen molar-refractivity contribution in [2.75, 3.05) is 4.90 Å². The number of benzene rings is 7. The predicted octanol–water partition coefficient (Wildman–Crippen LogP) is 16.6. The lowest BCUT2D eigenvalue weighted by molar-refractivity contribution is 0.559. The van der Waals surface area contributed by atoms with Crippen molar-refractivity contribution in [3.8, 4) is 33.4 Å². The van der Waals surface area contributed by atoms with E-state index in [0.29, 0.717) is 0 Å². The molecule has 0 spiro atoms. The van der Waals surface area contributed by atoms with E-state index >= 15 is 0 Å². The van der Waals surface area contributed by atoms with E-state index in [4.69, 9.17) is 4.42 Å². The first-order valence-corrected chi connectivity index (χ1v) is 22.3. The second-order valence-corrected chi connectivity index (χ2v) is 21.8. The SMILES string of the molecule is CC(C)(C)c1cc(C(C)(C)C)c2oc3ccc4c(c3c2c1)C(C)(C)c1cccc(N(c2ccc3c(c2)C(C)(C)c2ccccc2-3)c2ccc3c(c2)C(C)(C)c2ccccc2-3)c1-4. The van der Waals surface area contributed by atoms with Crippen LogP contribution in [0.5, 0.6) is 0 Å². The maximum atomic E-state index is 6.98. The Bertz CT molecular complexity index is 3080. The third kappa shape index (κ3) is 5.14. The molecular formula is C59H57NO. The van der Waals surface area contributed by atoms with Gasteiger partial charge < -0.3 is 9.32 Å². The molecule has 0 saturated heterocycles. The summed E-state index contributed by atoms with van der Waals surface area (Å²) in [6, 6.07) is 48.8. The molecule has 0 unspecified atom stereocenters. The minimum atomic E-state index is -0.286. The summed E-state index contributed by atoms with van der Waals surface area (Å²) in [5.41, 5.74) is 23.6. The van der Waals surface area contributed by atoms with E-state index < -0.39 is 0 Å². The zero-order valence-corrected chi connectivity index (χ0v) is 38.0. The van der Waals surface area contributed by atoms with Gasteiger partial charge in [-0.25, -0.2) is 0 Å². The van der Waals surface area contributed by atoms with Crippen molar-refractivity contribution in [3.05, 3.63) is 172 Å². The minimum absolute atomic E-state index is 0.0144. The fraction of sp³-hybridized carbons (Fsp3) is 0.288. The van der Waals surface area contributed by atoms with E-state index in [9.17, 15) is 0 Å². The van der Waals surface area contributed by atoms with Crippen LogP contribution in [-0.2, 0) is 27.1 Å². The molecule has 0 fully saturated rings. The van der Waals surface area contributed by atoms with Crippen molar-refractivity contribution >= 4 is 39.0 Å². The van der Waals surface area contributed by atoms with Gasteiger partial charge in [0.05, 0.1) is 5.69 Å². The van der Waals surface area contributed by atoms with E-state index in [1.807, 2.05) is 0 Å². The van der Waals surface area contributed by atoms with Crippen molar-refractivity contribution in [2.45, 2.75) is 110 Å². The van der Waals surface area contributed by atoms with Crippen LogP contribution in [0.1, 0.15) is 128 Å². The highest BCUT2D eigenvalue weighted by atomic mass is 16.3. The third-order valence-corrected chi connectivity index (χ3v) is 14.9. The molecular weight excluding hydrogens is 739 g/mol. The maximum absolute atomic E-state index is 6.98. The molecule has 61 heavy (non-hydrogen) atoms. The zero-order valence-electron chi connectivity index (χ0n) is 38.0. The molecule has 0 saturated carbocycles. The highest BCUT2D eigenvalue weighted by Crippen LogP contribution is 2.59. The number of rotatable bonds is 3. The molecule has 8 aromatic rings. The highest BCUT2D eigenvalue weighted by molar-refractivity contribution is 6.13. The quantitative estimate of drug-likeness (QED) is 0.177. The first-order chi connectivity index (χ1) is 28.8. The molecule has 7 aromatic carbocycles. The summed E-state index contributed by atoms with van der Waals surface area (Å²) in [5.74, 6) is 0. The van der Waals surface area contributed by atoms with Crippen LogP contribution in [0.4, 0.5) is 17.1 Å². The molecule has 0 bridgehead atoms. The Kier molecular flexibility index (Phi) is 7.59. The lowest BCUT2D eigenvalue weighted by Gasteiger charge is -2.31. The molecule has 2 nitrogen and oxygen atoms in total. The molecule has 1 aromatic heterocycles. The molecule has 0 radical (unpaired) electrons. The summed E-state index contributed by atoms with van der Waals surface area (Å²) in [6.45, 7) is 28.3. The Morgan fingerprint density at radius 2 is 0.984 bits per heavy atom. The van der Waals surface area contributed by atoms with Crippen molar-refractivity contribution in [3.63, 3.8) is 0 Å². The molecule has 2 heteroatoms. The molecule has 0 aliphatic heterocycles. The van der Waals surface area contributed by atoms with Gasteiger partial charge in [-0.3, -0.25) is 0 Å². The molecule has 3 aliphatic rings. The second-order valence-electron chi connectivity index (χ2n) is 21.8. The van der Waals surface area contributed by atoms with Gasteiger partial charge in [-0.15, -0.1) is 0 Å². The molecule has 0 N–H and O–H groups in total. The summed E-state index contributed by atoms with van der Waals surface area (Å²) >= 11 is 0. The molecule has 0 amide bonds. The largest absolute Gasteiger partial charge is 0.456 e. The lowest BCUT2D eigenvalue weighted by atomic mass is 9.77. The topological polar surface area (TPSA) is 16.4 Å². The van der Waals surface area contributed by atoms with Crippen LogP contribution in [0, 0.1) is 0 Å². The number of hydrogen-bond donors (Lipinski definition) is 0. The third-order valence-electron chi connectivity index (χ3n) is 14.9. The van der Waals surface area contributed by atoms with Gasteiger partial charge >= 0.3 is 0 Å². The van der Waals surface area contributed by atoms with E-state index in [2.05, 4.69) is 215 Å². The van der Waals surface area contributed by atoms with Crippen molar-refractivity contribution in [2.24, 2.45) is 0 Å². The van der Waals surface area contributed by atoms with Crippen LogP contribution in [0.2, 0.25) is 0 Å². The van der Waals surface area contributed by atoms with Gasteiger partial charge in [-0.05, 0) is 120 Å². The standard InChI is InChI=1S/C59H57NO/c1-55(2,3)34-30-42-52-50(61-54(42)48(31-34)56(4,5)6)29-28-41-51-45(59(11,12)53(41)52)22-17-23-49(51)60(35-24-26-39-37-18-13-15-20-43(37)57(7,8)46(39)32-35)36-25-27-40-38-19-14-16-21-44(38)58(9,10)47(40)33-36/h13-33H,1-12H3. The van der Waals surface area contributed by atoms with Gasteiger partial charge in [0.2, 0.25) is 0 Å². The molecule has 11 rings (SSSR count). The van der Waals surface area contributed by atoms with Gasteiger partial charge in [0.15, 0.2) is 0 Å². The van der Waals surface area contributed by atoms with Crippen LogP contribution in [0.3, 0.4) is 0 Å². The van der Waals surface area contributed by atoms with Crippen molar-refractivity contribution in [1.82, 2.24) is 0 Å². The fourth-order valence-electron chi connectivity index (χ4n) is 11.6. The van der Waals surface area contributed by atoms with Crippen LogP contribution >= 0.6 is 0 Å². The smallest absolute Gasteiger partial charge is 0.139 e. The summed E-state index contributed by atoms with van der Waals surface area (Å²) in [4.78, 5) is 2.57. The predicted molar refractivity (Wildman–Crippen MR) is 258 cm³/mol. The summed E-state index contributed by atoms with van der Waals surface area (Å²) in [7, 11) is 0. The van der Waals surface area contributed by atoms with Gasteiger partial charge in [-0.2, -0.15) is 0 Å². The Labute approximate surface area is 362 Å². The number of fused-ring (bicyclic) bond motifs is 13.